The summed E-state index contributed by atoms with van der Waals surface area (Å²) in [5, 5.41) is 0. The van der Waals surface area contributed by atoms with Crippen LogP contribution in [-0.2, 0) is 16.1 Å². The first-order valence-corrected chi connectivity index (χ1v) is 5.09. The van der Waals surface area contributed by atoms with Crippen LogP contribution in [-0.4, -0.2) is 26.2 Å². The van der Waals surface area contributed by atoms with Crippen molar-refractivity contribution >= 4 is 5.97 Å². The van der Waals surface area contributed by atoms with Gasteiger partial charge in [0.2, 0.25) is 0 Å². The molecular weight excluding hydrogens is 246 g/mol. The lowest BCUT2D eigenvalue weighted by molar-refractivity contribution is -0.175. The zero-order valence-corrected chi connectivity index (χ0v) is 10.00. The van der Waals surface area contributed by atoms with Gasteiger partial charge in [-0.05, 0) is 17.7 Å². The van der Waals surface area contributed by atoms with Gasteiger partial charge >= 0.3 is 12.0 Å². The van der Waals surface area contributed by atoms with E-state index in [1.165, 1.54) is 7.11 Å². The number of carbonyl (C=O) groups is 1. The Bertz CT molecular complexity index is 396. The van der Waals surface area contributed by atoms with Gasteiger partial charge in [0.25, 0.3) is 0 Å². The molecule has 0 aromatic heterocycles. The summed E-state index contributed by atoms with van der Waals surface area (Å²) in [5.74, 6) is -0.976. The van der Waals surface area contributed by atoms with Crippen LogP contribution in [0.1, 0.15) is 5.56 Å². The van der Waals surface area contributed by atoms with E-state index in [2.05, 4.69) is 10.2 Å². The molecule has 5 nitrogen and oxygen atoms in total. The monoisotopic (exact) mass is 260 g/mol. The highest BCUT2D eigenvalue weighted by atomic mass is 19.3. The van der Waals surface area contributed by atoms with Gasteiger partial charge in [-0.15, -0.1) is 0 Å². The molecule has 0 aliphatic rings. The zero-order valence-electron chi connectivity index (χ0n) is 10.00. The first-order chi connectivity index (χ1) is 8.49. The molecule has 2 N–H and O–H groups in total. The van der Waals surface area contributed by atoms with Crippen LogP contribution in [0.4, 0.5) is 8.78 Å². The second kappa shape index (κ2) is 6.27. The molecule has 0 radical (unpaired) electrons. The lowest BCUT2D eigenvalue weighted by Crippen LogP contribution is -2.51. The van der Waals surface area contributed by atoms with Crippen LogP contribution >= 0.6 is 0 Å². The summed E-state index contributed by atoms with van der Waals surface area (Å²) in [4.78, 5) is 10.7. The summed E-state index contributed by atoms with van der Waals surface area (Å²) in [6, 6.07) is 3.07. The molecule has 100 valence electrons. The van der Waals surface area contributed by atoms with Crippen LogP contribution in [0.15, 0.2) is 24.3 Å². The third-order valence-electron chi connectivity index (χ3n) is 2.14. The van der Waals surface area contributed by atoms with Gasteiger partial charge in [0, 0.05) is 6.54 Å². The van der Waals surface area contributed by atoms with E-state index in [1.807, 2.05) is 0 Å². The summed E-state index contributed by atoms with van der Waals surface area (Å²) in [7, 11) is 2.42. The second-order valence-electron chi connectivity index (χ2n) is 3.39. The quantitative estimate of drug-likeness (QED) is 0.455. The largest absolute Gasteiger partial charge is 0.497 e. The molecule has 1 aromatic rings. The highest BCUT2D eigenvalue weighted by Crippen LogP contribution is 2.12. The van der Waals surface area contributed by atoms with E-state index >= 15 is 0 Å². The average Bonchev–Trinajstić information content (AvgIpc) is 2.38. The van der Waals surface area contributed by atoms with Gasteiger partial charge in [-0.25, -0.2) is 10.2 Å². The van der Waals surface area contributed by atoms with Crippen molar-refractivity contribution in [3.63, 3.8) is 0 Å². The fourth-order valence-corrected chi connectivity index (χ4v) is 1.18. The van der Waals surface area contributed by atoms with Crippen molar-refractivity contribution in [3.05, 3.63) is 29.8 Å². The molecule has 0 unspecified atom stereocenters. The number of rotatable bonds is 6. The van der Waals surface area contributed by atoms with Gasteiger partial charge in [0.05, 0.1) is 14.2 Å². The number of benzene rings is 1. The summed E-state index contributed by atoms with van der Waals surface area (Å²) < 4.78 is 34.8. The Labute approximate surface area is 103 Å². The number of hydrogen-bond donors (Lipinski definition) is 2. The minimum absolute atomic E-state index is 0.122. The van der Waals surface area contributed by atoms with Crippen LogP contribution in [0.3, 0.4) is 0 Å². The maximum absolute atomic E-state index is 13.0. The number of carbonyl (C=O) groups excluding carboxylic acids is 1. The highest BCUT2D eigenvalue weighted by molar-refractivity contribution is 5.76. The van der Waals surface area contributed by atoms with E-state index in [0.29, 0.717) is 5.75 Å². The molecule has 0 fully saturated rings. The summed E-state index contributed by atoms with van der Waals surface area (Å²) in [5.41, 5.74) is 4.60. The zero-order chi connectivity index (χ0) is 13.6. The van der Waals surface area contributed by atoms with Crippen molar-refractivity contribution in [1.82, 2.24) is 10.9 Å². The Kier molecular flexibility index (Phi) is 4.99. The minimum atomic E-state index is -3.76. The van der Waals surface area contributed by atoms with Crippen molar-refractivity contribution in [3.8, 4) is 5.75 Å². The first-order valence-electron chi connectivity index (χ1n) is 5.09. The molecule has 0 aliphatic heterocycles. The van der Waals surface area contributed by atoms with E-state index in [-0.39, 0.29) is 6.54 Å². The van der Waals surface area contributed by atoms with Crippen molar-refractivity contribution in [2.45, 2.75) is 12.6 Å². The van der Waals surface area contributed by atoms with E-state index in [4.69, 9.17) is 4.74 Å². The first kappa shape index (κ1) is 14.3. The Morgan fingerprint density at radius 1 is 1.28 bits per heavy atom. The number of hydrogen-bond acceptors (Lipinski definition) is 5. The van der Waals surface area contributed by atoms with Gasteiger partial charge < -0.3 is 9.47 Å². The molecule has 0 saturated heterocycles. The topological polar surface area (TPSA) is 59.6 Å². The molecule has 0 atom stereocenters. The number of methoxy groups -OCH3 is 2. The third-order valence-corrected chi connectivity index (χ3v) is 2.14. The molecule has 18 heavy (non-hydrogen) atoms. The second-order valence-corrected chi connectivity index (χ2v) is 3.39. The molecule has 0 heterocycles. The number of halogens is 2. The fourth-order valence-electron chi connectivity index (χ4n) is 1.18. The molecule has 1 rings (SSSR count). The molecule has 7 heteroatoms. The SMILES string of the molecule is COC(=O)C(F)(F)NNCc1ccc(OC)cc1. The normalized spacial score (nSPS) is 11.1. The Balaban J connectivity index is 2.43. The maximum atomic E-state index is 13.0. The maximum Gasteiger partial charge on any atom is 0.411 e. The summed E-state index contributed by atoms with van der Waals surface area (Å²) >= 11 is 0. The average molecular weight is 260 g/mol. The van der Waals surface area contributed by atoms with Gasteiger partial charge in [0.15, 0.2) is 0 Å². The number of esters is 1. The van der Waals surface area contributed by atoms with Gasteiger partial charge in [-0.3, -0.25) is 0 Å². The van der Waals surface area contributed by atoms with Crippen molar-refractivity contribution < 1.29 is 23.0 Å². The third kappa shape index (κ3) is 3.94. The predicted octanol–water partition coefficient (Wildman–Crippen LogP) is 1.06. The highest BCUT2D eigenvalue weighted by Gasteiger charge is 2.39. The lowest BCUT2D eigenvalue weighted by Gasteiger charge is -2.15. The lowest BCUT2D eigenvalue weighted by atomic mass is 10.2. The van der Waals surface area contributed by atoms with E-state index in [9.17, 15) is 13.6 Å². The minimum Gasteiger partial charge on any atom is -0.497 e. The standard InChI is InChI=1S/C11H14F2N2O3/c1-17-9-5-3-8(4-6-9)7-14-15-11(12,13)10(16)18-2/h3-6,14-15H,7H2,1-2H3. The number of ether oxygens (including phenoxy) is 2. The van der Waals surface area contributed by atoms with E-state index in [0.717, 1.165) is 12.7 Å². The molecule has 1 aromatic carbocycles. The Morgan fingerprint density at radius 3 is 2.39 bits per heavy atom. The molecule has 0 amide bonds. The molecule has 0 spiro atoms. The Hall–Kier alpha value is -1.73. The van der Waals surface area contributed by atoms with Crippen molar-refractivity contribution in [1.29, 1.82) is 0 Å². The number of nitrogens with one attached hydrogen (secondary N) is 2. The molecule has 0 saturated carbocycles. The van der Waals surface area contributed by atoms with Crippen molar-refractivity contribution in [2.75, 3.05) is 14.2 Å². The number of hydrazine groups is 1. The van der Waals surface area contributed by atoms with E-state index < -0.39 is 12.0 Å². The summed E-state index contributed by atoms with van der Waals surface area (Å²) in [6.07, 6.45) is 0. The molecule has 0 aliphatic carbocycles. The van der Waals surface area contributed by atoms with Crippen molar-refractivity contribution in [2.24, 2.45) is 0 Å². The van der Waals surface area contributed by atoms with Crippen LogP contribution in [0.5, 0.6) is 5.75 Å². The fraction of sp³-hybridized carbons (Fsp3) is 0.364. The Morgan fingerprint density at radius 2 is 1.89 bits per heavy atom. The van der Waals surface area contributed by atoms with Gasteiger partial charge in [-0.1, -0.05) is 12.1 Å². The van der Waals surface area contributed by atoms with Crippen LogP contribution in [0, 0.1) is 0 Å². The van der Waals surface area contributed by atoms with Crippen LogP contribution in [0.2, 0.25) is 0 Å². The predicted molar refractivity (Wildman–Crippen MR) is 59.9 cm³/mol. The molecule has 0 bridgehead atoms. The smallest absolute Gasteiger partial charge is 0.411 e. The van der Waals surface area contributed by atoms with E-state index in [1.54, 1.807) is 29.7 Å². The molecular formula is C11H14F2N2O3. The number of alkyl halides is 2. The van der Waals surface area contributed by atoms with Gasteiger partial charge in [-0.2, -0.15) is 14.2 Å². The van der Waals surface area contributed by atoms with Gasteiger partial charge in [0.1, 0.15) is 5.75 Å². The van der Waals surface area contributed by atoms with Crippen LogP contribution < -0.4 is 15.6 Å². The summed E-state index contributed by atoms with van der Waals surface area (Å²) in [6.45, 7) is 0.122. The van der Waals surface area contributed by atoms with Crippen LogP contribution in [0.25, 0.3) is 0 Å².